The molecule has 0 N–H and O–H groups in total. The first kappa shape index (κ1) is 20.2. The first-order chi connectivity index (χ1) is 15.6. The summed E-state index contributed by atoms with van der Waals surface area (Å²) >= 11 is 1.39. The molecular weight excluding hydrogens is 426 g/mol. The van der Waals surface area contributed by atoms with Gasteiger partial charge in [0.2, 0.25) is 4.96 Å². The number of piperazine rings is 1. The van der Waals surface area contributed by atoms with Crippen molar-refractivity contribution in [2.45, 2.75) is 0 Å². The standard InChI is InChI=1S/C23H21N5O3S/c1-31-18-9-5-8-17(14-18)22(30)27-12-10-26(11-13-27)19-15-20(29)28-23(24-19)32-21(25-28)16-6-3-2-4-7-16/h2-9,14-15H,10-13H2,1H3. The van der Waals surface area contributed by atoms with Gasteiger partial charge in [0.25, 0.3) is 11.5 Å². The molecule has 0 spiro atoms. The van der Waals surface area contributed by atoms with Gasteiger partial charge in [-0.15, -0.1) is 0 Å². The minimum absolute atomic E-state index is 0.0259. The van der Waals surface area contributed by atoms with E-state index in [2.05, 4.69) is 10.1 Å². The first-order valence-corrected chi connectivity index (χ1v) is 11.1. The molecule has 4 aromatic rings. The lowest BCUT2D eigenvalue weighted by Crippen LogP contribution is -2.49. The third-order valence-corrected chi connectivity index (χ3v) is 6.42. The summed E-state index contributed by atoms with van der Waals surface area (Å²) < 4.78 is 6.57. The summed E-state index contributed by atoms with van der Waals surface area (Å²) in [4.78, 5) is 34.6. The molecule has 0 aliphatic carbocycles. The van der Waals surface area contributed by atoms with E-state index in [9.17, 15) is 9.59 Å². The highest BCUT2D eigenvalue weighted by Crippen LogP contribution is 2.25. The minimum atomic E-state index is -0.210. The topological polar surface area (TPSA) is 80.0 Å². The molecule has 5 rings (SSSR count). The van der Waals surface area contributed by atoms with Crippen molar-refractivity contribution in [1.82, 2.24) is 19.5 Å². The Morgan fingerprint density at radius 3 is 2.53 bits per heavy atom. The zero-order valence-corrected chi connectivity index (χ0v) is 18.3. The van der Waals surface area contributed by atoms with Crippen LogP contribution in [0, 0.1) is 0 Å². The van der Waals surface area contributed by atoms with Crippen LogP contribution < -0.4 is 15.2 Å². The Bertz CT molecular complexity index is 1330. The van der Waals surface area contributed by atoms with Gasteiger partial charge in [-0.2, -0.15) is 9.61 Å². The van der Waals surface area contributed by atoms with Gasteiger partial charge < -0.3 is 14.5 Å². The molecule has 1 aliphatic heterocycles. The van der Waals surface area contributed by atoms with Crippen LogP contribution in [0.3, 0.4) is 0 Å². The van der Waals surface area contributed by atoms with E-state index in [-0.39, 0.29) is 11.5 Å². The summed E-state index contributed by atoms with van der Waals surface area (Å²) in [7, 11) is 1.58. The minimum Gasteiger partial charge on any atom is -0.497 e. The maximum Gasteiger partial charge on any atom is 0.277 e. The van der Waals surface area contributed by atoms with Gasteiger partial charge in [-0.1, -0.05) is 47.7 Å². The fraction of sp³-hybridized carbons (Fsp3) is 0.217. The van der Waals surface area contributed by atoms with Gasteiger partial charge in [-0.3, -0.25) is 9.59 Å². The van der Waals surface area contributed by atoms with E-state index >= 15 is 0 Å². The third-order valence-electron chi connectivity index (χ3n) is 5.46. The Hall–Kier alpha value is -3.72. The van der Waals surface area contributed by atoms with Crippen LogP contribution in [0.2, 0.25) is 0 Å². The predicted octanol–water partition coefficient (Wildman–Crippen LogP) is 2.79. The van der Waals surface area contributed by atoms with Crippen molar-refractivity contribution in [2.24, 2.45) is 0 Å². The number of hydrogen-bond acceptors (Lipinski definition) is 7. The van der Waals surface area contributed by atoms with Gasteiger partial charge in [-0.25, -0.2) is 4.98 Å². The molecule has 0 bridgehead atoms. The van der Waals surface area contributed by atoms with E-state index in [1.54, 1.807) is 19.2 Å². The number of amides is 1. The highest BCUT2D eigenvalue weighted by Gasteiger charge is 2.24. The van der Waals surface area contributed by atoms with Crippen molar-refractivity contribution < 1.29 is 9.53 Å². The van der Waals surface area contributed by atoms with Gasteiger partial charge in [0.15, 0.2) is 0 Å². The van der Waals surface area contributed by atoms with Gasteiger partial charge in [0.05, 0.1) is 7.11 Å². The Labute approximate surface area is 188 Å². The number of nitrogens with zero attached hydrogens (tertiary/aromatic N) is 5. The molecule has 2 aromatic carbocycles. The molecule has 0 saturated carbocycles. The molecule has 0 atom stereocenters. The van der Waals surface area contributed by atoms with Gasteiger partial charge in [-0.05, 0) is 18.2 Å². The molecule has 1 saturated heterocycles. The van der Waals surface area contributed by atoms with Crippen molar-refractivity contribution in [3.8, 4) is 16.3 Å². The number of carbonyl (C=O) groups is 1. The van der Waals surface area contributed by atoms with E-state index < -0.39 is 0 Å². The fourth-order valence-electron chi connectivity index (χ4n) is 3.74. The smallest absolute Gasteiger partial charge is 0.277 e. The van der Waals surface area contributed by atoms with E-state index in [1.807, 2.05) is 52.3 Å². The molecule has 8 nitrogen and oxygen atoms in total. The van der Waals surface area contributed by atoms with Crippen molar-refractivity contribution in [3.05, 3.63) is 76.6 Å². The summed E-state index contributed by atoms with van der Waals surface area (Å²) in [6.45, 7) is 2.30. The Morgan fingerprint density at radius 1 is 1.00 bits per heavy atom. The number of carbonyl (C=O) groups excluding carboxylic acids is 1. The highest BCUT2D eigenvalue weighted by molar-refractivity contribution is 7.19. The molecule has 162 valence electrons. The molecule has 1 amide bonds. The van der Waals surface area contributed by atoms with Gasteiger partial charge >= 0.3 is 0 Å². The number of benzene rings is 2. The number of anilines is 1. The normalized spacial score (nSPS) is 14.0. The number of fused-ring (bicyclic) bond motifs is 1. The molecule has 9 heteroatoms. The summed E-state index contributed by atoms with van der Waals surface area (Å²) in [6.07, 6.45) is 0. The third kappa shape index (κ3) is 3.82. The zero-order chi connectivity index (χ0) is 22.1. The van der Waals surface area contributed by atoms with Crippen LogP contribution in [0.15, 0.2) is 65.5 Å². The van der Waals surface area contributed by atoms with Crippen LogP contribution in [0.25, 0.3) is 15.5 Å². The Morgan fingerprint density at radius 2 is 1.78 bits per heavy atom. The summed E-state index contributed by atoms with van der Waals surface area (Å²) in [5.74, 6) is 1.25. The van der Waals surface area contributed by atoms with Crippen molar-refractivity contribution in [3.63, 3.8) is 0 Å². The Balaban J connectivity index is 1.33. The highest BCUT2D eigenvalue weighted by atomic mass is 32.1. The summed E-state index contributed by atoms with van der Waals surface area (Å²) in [6, 6.07) is 18.4. The van der Waals surface area contributed by atoms with Crippen molar-refractivity contribution in [2.75, 3.05) is 38.2 Å². The molecule has 1 fully saturated rings. The van der Waals surface area contributed by atoms with Crippen LogP contribution in [0.4, 0.5) is 5.82 Å². The lowest BCUT2D eigenvalue weighted by atomic mass is 10.1. The van der Waals surface area contributed by atoms with Crippen LogP contribution >= 0.6 is 11.3 Å². The van der Waals surface area contributed by atoms with E-state index in [0.717, 1.165) is 10.6 Å². The van der Waals surface area contributed by atoms with Crippen LogP contribution in [0.1, 0.15) is 10.4 Å². The molecule has 0 radical (unpaired) electrons. The Kier molecular flexibility index (Phi) is 5.32. The van der Waals surface area contributed by atoms with E-state index in [4.69, 9.17) is 4.74 Å². The number of hydrogen-bond donors (Lipinski definition) is 0. The maximum absolute atomic E-state index is 12.9. The second-order valence-electron chi connectivity index (χ2n) is 7.43. The molecule has 3 heterocycles. The second kappa shape index (κ2) is 8.43. The SMILES string of the molecule is COc1cccc(C(=O)N2CCN(c3cc(=O)n4nc(-c5ccccc5)sc4n3)CC2)c1. The summed E-state index contributed by atoms with van der Waals surface area (Å²) in [5, 5.41) is 5.18. The van der Waals surface area contributed by atoms with E-state index in [0.29, 0.717) is 48.3 Å². The maximum atomic E-state index is 12.9. The molecular formula is C23H21N5O3S. The lowest BCUT2D eigenvalue weighted by Gasteiger charge is -2.35. The van der Waals surface area contributed by atoms with Gasteiger partial charge in [0.1, 0.15) is 16.6 Å². The van der Waals surface area contributed by atoms with Crippen LogP contribution in [0.5, 0.6) is 5.75 Å². The van der Waals surface area contributed by atoms with E-state index in [1.165, 1.54) is 21.9 Å². The lowest BCUT2D eigenvalue weighted by molar-refractivity contribution is 0.0746. The monoisotopic (exact) mass is 447 g/mol. The molecule has 32 heavy (non-hydrogen) atoms. The number of ether oxygens (including phenoxy) is 1. The molecule has 0 unspecified atom stereocenters. The van der Waals surface area contributed by atoms with Crippen LogP contribution in [-0.4, -0.2) is 58.7 Å². The van der Waals surface area contributed by atoms with Gasteiger partial charge in [0, 0.05) is 43.4 Å². The average Bonchev–Trinajstić information content (AvgIpc) is 3.29. The largest absolute Gasteiger partial charge is 0.497 e. The first-order valence-electron chi connectivity index (χ1n) is 10.3. The second-order valence-corrected chi connectivity index (χ2v) is 8.39. The zero-order valence-electron chi connectivity index (χ0n) is 17.5. The van der Waals surface area contributed by atoms with Crippen LogP contribution in [-0.2, 0) is 0 Å². The fourth-order valence-corrected chi connectivity index (χ4v) is 4.64. The summed E-state index contributed by atoms with van der Waals surface area (Å²) in [5.41, 5.74) is 1.35. The molecule has 1 aliphatic rings. The predicted molar refractivity (Wildman–Crippen MR) is 124 cm³/mol. The number of aromatic nitrogens is 3. The van der Waals surface area contributed by atoms with Crippen molar-refractivity contribution in [1.29, 1.82) is 0 Å². The quantitative estimate of drug-likeness (QED) is 0.479. The molecule has 2 aromatic heterocycles. The van der Waals surface area contributed by atoms with Crippen molar-refractivity contribution >= 4 is 28.0 Å². The average molecular weight is 448 g/mol. The number of rotatable bonds is 4. The number of methoxy groups -OCH3 is 1.